The highest BCUT2D eigenvalue weighted by atomic mass is 16.6. The SMILES string of the molecule is COCCN(CC(=Cc1ccc(C(=O)O)cc1)COc1cccc2ccccc12)C(=O)OC(C)(C)C. The number of nitrogens with zero attached hydrogens (tertiary/aromatic N) is 1. The number of rotatable bonds is 10. The first-order valence-corrected chi connectivity index (χ1v) is 11.8. The van der Waals surface area contributed by atoms with Gasteiger partial charge in [0.05, 0.1) is 12.2 Å². The van der Waals surface area contributed by atoms with E-state index in [0.717, 1.165) is 27.7 Å². The lowest BCUT2D eigenvalue weighted by atomic mass is 10.1. The molecule has 36 heavy (non-hydrogen) atoms. The summed E-state index contributed by atoms with van der Waals surface area (Å²) in [4.78, 5) is 25.7. The second kappa shape index (κ2) is 12.2. The van der Waals surface area contributed by atoms with Crippen molar-refractivity contribution in [2.75, 3.05) is 33.4 Å². The molecular formula is C29H33NO6. The number of carboxylic acids is 1. The Hall–Kier alpha value is -3.84. The Morgan fingerprint density at radius 1 is 0.972 bits per heavy atom. The van der Waals surface area contributed by atoms with Crippen molar-refractivity contribution in [1.82, 2.24) is 4.90 Å². The number of benzene rings is 3. The van der Waals surface area contributed by atoms with Crippen LogP contribution in [0.2, 0.25) is 0 Å². The van der Waals surface area contributed by atoms with Crippen LogP contribution in [0, 0.1) is 0 Å². The summed E-state index contributed by atoms with van der Waals surface area (Å²) in [6.45, 7) is 6.64. The van der Waals surface area contributed by atoms with Gasteiger partial charge in [0.2, 0.25) is 0 Å². The Balaban J connectivity index is 1.90. The van der Waals surface area contributed by atoms with Crippen molar-refractivity contribution < 1.29 is 28.9 Å². The van der Waals surface area contributed by atoms with E-state index < -0.39 is 17.7 Å². The van der Waals surface area contributed by atoms with Gasteiger partial charge >= 0.3 is 12.1 Å². The maximum absolute atomic E-state index is 12.9. The molecule has 0 bridgehead atoms. The van der Waals surface area contributed by atoms with Crippen molar-refractivity contribution in [2.45, 2.75) is 26.4 Å². The number of hydrogen-bond donors (Lipinski definition) is 1. The zero-order valence-corrected chi connectivity index (χ0v) is 21.2. The number of hydrogen-bond acceptors (Lipinski definition) is 5. The summed E-state index contributed by atoms with van der Waals surface area (Å²) in [5.74, 6) is -0.248. The van der Waals surface area contributed by atoms with Crippen molar-refractivity contribution >= 4 is 28.9 Å². The van der Waals surface area contributed by atoms with Crippen molar-refractivity contribution in [3.63, 3.8) is 0 Å². The maximum Gasteiger partial charge on any atom is 0.410 e. The number of aromatic carboxylic acids is 1. The highest BCUT2D eigenvalue weighted by Crippen LogP contribution is 2.26. The van der Waals surface area contributed by atoms with Gasteiger partial charge in [0, 0.05) is 25.6 Å². The minimum absolute atomic E-state index is 0.205. The lowest BCUT2D eigenvalue weighted by Gasteiger charge is -2.28. The minimum atomic E-state index is -0.985. The molecule has 0 saturated carbocycles. The summed E-state index contributed by atoms with van der Waals surface area (Å²) in [7, 11) is 1.58. The van der Waals surface area contributed by atoms with Gasteiger partial charge < -0.3 is 24.2 Å². The average Bonchev–Trinajstić information content (AvgIpc) is 2.84. The fraction of sp³-hybridized carbons (Fsp3) is 0.310. The second-order valence-corrected chi connectivity index (χ2v) is 9.39. The van der Waals surface area contributed by atoms with Crippen molar-refractivity contribution in [3.8, 4) is 5.75 Å². The van der Waals surface area contributed by atoms with Crippen LogP contribution in [0.3, 0.4) is 0 Å². The molecule has 7 nitrogen and oxygen atoms in total. The van der Waals surface area contributed by atoms with Gasteiger partial charge in [-0.3, -0.25) is 0 Å². The Labute approximate surface area is 211 Å². The molecule has 0 aliphatic rings. The van der Waals surface area contributed by atoms with Crippen LogP contribution in [0.5, 0.6) is 5.75 Å². The molecule has 3 aromatic rings. The average molecular weight is 492 g/mol. The lowest BCUT2D eigenvalue weighted by molar-refractivity contribution is 0.0218. The van der Waals surface area contributed by atoms with Crippen LogP contribution in [-0.2, 0) is 9.47 Å². The molecule has 0 unspecified atom stereocenters. The van der Waals surface area contributed by atoms with Gasteiger partial charge in [0.1, 0.15) is 18.0 Å². The number of carbonyl (C=O) groups excluding carboxylic acids is 1. The second-order valence-electron chi connectivity index (χ2n) is 9.39. The zero-order chi connectivity index (χ0) is 26.1. The zero-order valence-electron chi connectivity index (χ0n) is 21.2. The van der Waals surface area contributed by atoms with Crippen LogP contribution in [0.25, 0.3) is 16.8 Å². The molecule has 3 rings (SSSR count). The van der Waals surface area contributed by atoms with E-state index in [2.05, 4.69) is 0 Å². The maximum atomic E-state index is 12.9. The third-order valence-corrected chi connectivity index (χ3v) is 5.30. The summed E-state index contributed by atoms with van der Waals surface area (Å²) in [5, 5.41) is 11.3. The number of amides is 1. The number of ether oxygens (including phenoxy) is 3. The van der Waals surface area contributed by atoms with Gasteiger partial charge in [0.15, 0.2) is 0 Å². The topological polar surface area (TPSA) is 85.3 Å². The van der Waals surface area contributed by atoms with E-state index in [-0.39, 0.29) is 18.7 Å². The van der Waals surface area contributed by atoms with E-state index in [0.29, 0.717) is 13.2 Å². The van der Waals surface area contributed by atoms with Gasteiger partial charge in [-0.15, -0.1) is 0 Å². The van der Waals surface area contributed by atoms with E-state index in [9.17, 15) is 14.7 Å². The van der Waals surface area contributed by atoms with Crippen LogP contribution >= 0.6 is 0 Å². The number of carboxylic acid groups (broad SMARTS) is 1. The van der Waals surface area contributed by atoms with Gasteiger partial charge in [-0.2, -0.15) is 0 Å². The quantitative estimate of drug-likeness (QED) is 0.381. The first-order chi connectivity index (χ1) is 17.2. The predicted molar refractivity (Wildman–Crippen MR) is 141 cm³/mol. The van der Waals surface area contributed by atoms with Crippen LogP contribution < -0.4 is 4.74 Å². The Morgan fingerprint density at radius 2 is 1.67 bits per heavy atom. The standard InChI is InChI=1S/C29H33NO6/c1-29(2,3)36-28(33)30(16-17-34-4)19-22(18-21-12-14-24(15-13-21)27(31)32)20-35-26-11-7-9-23-8-5-6-10-25(23)26/h5-15,18H,16-17,19-20H2,1-4H3,(H,31,32). The number of methoxy groups -OCH3 is 1. The van der Waals surface area contributed by atoms with Gasteiger partial charge in [-0.05, 0) is 55.5 Å². The van der Waals surface area contributed by atoms with Crippen molar-refractivity contribution in [2.24, 2.45) is 0 Å². The van der Waals surface area contributed by atoms with Crippen molar-refractivity contribution in [1.29, 1.82) is 0 Å². The van der Waals surface area contributed by atoms with E-state index in [4.69, 9.17) is 14.2 Å². The van der Waals surface area contributed by atoms with E-state index in [1.54, 1.807) is 36.3 Å². The summed E-state index contributed by atoms with van der Waals surface area (Å²) in [6, 6.07) is 20.4. The third kappa shape index (κ3) is 7.85. The van der Waals surface area contributed by atoms with Crippen LogP contribution in [0.15, 0.2) is 72.3 Å². The molecule has 0 radical (unpaired) electrons. The molecule has 0 aliphatic carbocycles. The largest absolute Gasteiger partial charge is 0.489 e. The van der Waals surface area contributed by atoms with Crippen LogP contribution in [0.4, 0.5) is 4.79 Å². The monoisotopic (exact) mass is 491 g/mol. The highest BCUT2D eigenvalue weighted by molar-refractivity contribution is 5.88. The number of carbonyl (C=O) groups is 2. The molecule has 0 aromatic heterocycles. The summed E-state index contributed by atoms with van der Waals surface area (Å²) in [6.07, 6.45) is 1.46. The van der Waals surface area contributed by atoms with Crippen molar-refractivity contribution in [3.05, 3.63) is 83.4 Å². The third-order valence-electron chi connectivity index (χ3n) is 5.30. The summed E-state index contributed by atoms with van der Waals surface area (Å²) < 4.78 is 17.0. The number of fused-ring (bicyclic) bond motifs is 1. The normalized spacial score (nSPS) is 11.8. The molecule has 0 atom stereocenters. The molecule has 1 N–H and O–H groups in total. The highest BCUT2D eigenvalue weighted by Gasteiger charge is 2.23. The molecule has 7 heteroatoms. The van der Waals surface area contributed by atoms with Gasteiger partial charge in [0.25, 0.3) is 0 Å². The molecule has 0 fully saturated rings. The molecule has 1 amide bonds. The molecule has 3 aromatic carbocycles. The van der Waals surface area contributed by atoms with E-state index in [1.807, 2.05) is 69.3 Å². The fourth-order valence-electron chi connectivity index (χ4n) is 3.59. The van der Waals surface area contributed by atoms with Crippen LogP contribution in [-0.4, -0.2) is 61.1 Å². The Bertz CT molecular complexity index is 1210. The first kappa shape index (κ1) is 26.8. The minimum Gasteiger partial charge on any atom is -0.489 e. The van der Waals surface area contributed by atoms with Gasteiger partial charge in [-0.1, -0.05) is 54.6 Å². The van der Waals surface area contributed by atoms with E-state index in [1.165, 1.54) is 0 Å². The molecule has 0 aliphatic heterocycles. The Morgan fingerprint density at radius 3 is 2.33 bits per heavy atom. The molecule has 190 valence electrons. The van der Waals surface area contributed by atoms with Gasteiger partial charge in [-0.25, -0.2) is 9.59 Å². The molecule has 0 saturated heterocycles. The smallest absolute Gasteiger partial charge is 0.410 e. The fourth-order valence-corrected chi connectivity index (χ4v) is 3.59. The molecule has 0 heterocycles. The first-order valence-electron chi connectivity index (χ1n) is 11.8. The predicted octanol–water partition coefficient (Wildman–Crippen LogP) is 5.88. The van der Waals surface area contributed by atoms with Crippen LogP contribution in [0.1, 0.15) is 36.7 Å². The summed E-state index contributed by atoms with van der Waals surface area (Å²) >= 11 is 0. The lowest BCUT2D eigenvalue weighted by Crippen LogP contribution is -2.40. The molecule has 0 spiro atoms. The molecular weight excluding hydrogens is 458 g/mol. The summed E-state index contributed by atoms with van der Waals surface area (Å²) in [5.41, 5.74) is 1.18. The Kier molecular flexibility index (Phi) is 9.08. The van der Waals surface area contributed by atoms with E-state index >= 15 is 0 Å².